The summed E-state index contributed by atoms with van der Waals surface area (Å²) in [5, 5.41) is 11.6. The van der Waals surface area contributed by atoms with E-state index in [1.54, 1.807) is 12.1 Å². The highest BCUT2D eigenvalue weighted by Crippen LogP contribution is 2.37. The van der Waals surface area contributed by atoms with Crippen LogP contribution in [0.1, 0.15) is 62.4 Å². The molecule has 0 bridgehead atoms. The van der Waals surface area contributed by atoms with E-state index in [1.165, 1.54) is 0 Å². The van der Waals surface area contributed by atoms with Gasteiger partial charge < -0.3 is 10.6 Å². The van der Waals surface area contributed by atoms with Crippen molar-refractivity contribution in [1.82, 2.24) is 15.1 Å². The summed E-state index contributed by atoms with van der Waals surface area (Å²) in [6.45, 7) is 4.02. The summed E-state index contributed by atoms with van der Waals surface area (Å²) in [6.07, 6.45) is 6.00. The molecule has 0 aliphatic heterocycles. The van der Waals surface area contributed by atoms with Gasteiger partial charge in [-0.25, -0.2) is 4.68 Å². The van der Waals surface area contributed by atoms with Crippen molar-refractivity contribution in [3.05, 3.63) is 45.1 Å². The normalized spacial score (nSPS) is 16.8. The summed E-state index contributed by atoms with van der Waals surface area (Å²) < 4.78 is 1.81. The minimum Gasteiger partial charge on any atom is -0.342 e. The fourth-order valence-electron chi connectivity index (χ4n) is 4.36. The molecule has 1 fully saturated rings. The summed E-state index contributed by atoms with van der Waals surface area (Å²) in [4.78, 5) is 25.5. The number of carbonyl (C=O) groups excluding carboxylic acids is 2. The molecule has 2 amide bonds. The van der Waals surface area contributed by atoms with Crippen molar-refractivity contribution in [3.8, 4) is 0 Å². The van der Waals surface area contributed by atoms with Crippen LogP contribution in [-0.2, 0) is 28.9 Å². The summed E-state index contributed by atoms with van der Waals surface area (Å²) in [7, 11) is 0. The fourth-order valence-corrected chi connectivity index (χ4v) is 4.83. The number of amides is 2. The van der Waals surface area contributed by atoms with E-state index in [0.29, 0.717) is 22.3 Å². The van der Waals surface area contributed by atoms with Gasteiger partial charge in [0.25, 0.3) is 0 Å². The molecule has 6 nitrogen and oxygen atoms in total. The lowest BCUT2D eigenvalue weighted by molar-refractivity contribution is -0.138. The molecular formula is C22H26Cl2N4O2. The van der Waals surface area contributed by atoms with Gasteiger partial charge in [-0.3, -0.25) is 9.59 Å². The SMILES string of the molecule is CC(C)n1nc2c(c1NC(=O)C(=O)NC1(Cc3ccc(Cl)cc3Cl)CCC1)CCC2. The number of benzene rings is 1. The first-order chi connectivity index (χ1) is 14.3. The second kappa shape index (κ2) is 8.23. The van der Waals surface area contributed by atoms with E-state index in [2.05, 4.69) is 15.7 Å². The lowest BCUT2D eigenvalue weighted by atomic mass is 9.72. The number of nitrogens with zero attached hydrogens (tertiary/aromatic N) is 2. The number of anilines is 1. The lowest BCUT2D eigenvalue weighted by Gasteiger charge is -2.42. The Labute approximate surface area is 186 Å². The third-order valence-electron chi connectivity index (χ3n) is 6.09. The van der Waals surface area contributed by atoms with Crippen molar-refractivity contribution in [1.29, 1.82) is 0 Å². The number of nitrogens with one attached hydrogen (secondary N) is 2. The molecular weight excluding hydrogens is 423 g/mol. The van der Waals surface area contributed by atoms with E-state index < -0.39 is 17.4 Å². The largest absolute Gasteiger partial charge is 0.342 e. The monoisotopic (exact) mass is 448 g/mol. The number of carbonyl (C=O) groups is 2. The first-order valence-corrected chi connectivity index (χ1v) is 11.2. The van der Waals surface area contributed by atoms with Crippen LogP contribution in [0.4, 0.5) is 5.82 Å². The molecule has 2 aliphatic rings. The smallest absolute Gasteiger partial charge is 0.314 e. The molecule has 0 radical (unpaired) electrons. The topological polar surface area (TPSA) is 76.0 Å². The van der Waals surface area contributed by atoms with E-state index in [-0.39, 0.29) is 6.04 Å². The summed E-state index contributed by atoms with van der Waals surface area (Å²) in [5.74, 6) is -0.621. The number of hydrogen-bond acceptors (Lipinski definition) is 3. The molecule has 1 aromatic carbocycles. The first kappa shape index (κ1) is 21.2. The van der Waals surface area contributed by atoms with Gasteiger partial charge in [0, 0.05) is 27.2 Å². The van der Waals surface area contributed by atoms with Crippen LogP contribution >= 0.6 is 23.2 Å². The van der Waals surface area contributed by atoms with Gasteiger partial charge >= 0.3 is 11.8 Å². The summed E-state index contributed by atoms with van der Waals surface area (Å²) in [5.41, 5.74) is 2.53. The Hall–Kier alpha value is -2.05. The number of aromatic nitrogens is 2. The third-order valence-corrected chi connectivity index (χ3v) is 6.68. The molecule has 30 heavy (non-hydrogen) atoms. The van der Waals surface area contributed by atoms with Crippen LogP contribution < -0.4 is 10.6 Å². The van der Waals surface area contributed by atoms with Crippen molar-refractivity contribution >= 4 is 40.8 Å². The Balaban J connectivity index is 1.47. The Morgan fingerprint density at radius 3 is 2.57 bits per heavy atom. The van der Waals surface area contributed by atoms with Gasteiger partial charge in [0.2, 0.25) is 0 Å². The number of halogens is 2. The first-order valence-electron chi connectivity index (χ1n) is 10.5. The molecule has 8 heteroatoms. The standard InChI is InChI=1S/C22H26Cl2N4O2/c1-13(2)28-19(16-5-3-6-18(16)27-28)25-20(29)21(30)26-22(9-4-10-22)12-14-7-8-15(23)11-17(14)24/h7-8,11,13H,3-6,9-10,12H2,1-2H3,(H,25,29)(H,26,30). The molecule has 0 spiro atoms. The average Bonchev–Trinajstić information content (AvgIpc) is 3.24. The van der Waals surface area contributed by atoms with Crippen LogP contribution in [0.3, 0.4) is 0 Å². The van der Waals surface area contributed by atoms with Gasteiger partial charge in [-0.15, -0.1) is 0 Å². The summed E-state index contributed by atoms with van der Waals surface area (Å²) >= 11 is 12.3. The van der Waals surface area contributed by atoms with Gasteiger partial charge in [0.15, 0.2) is 0 Å². The average molecular weight is 449 g/mol. The van der Waals surface area contributed by atoms with Gasteiger partial charge in [0.05, 0.1) is 5.69 Å². The highest BCUT2D eigenvalue weighted by atomic mass is 35.5. The van der Waals surface area contributed by atoms with Gasteiger partial charge in [-0.2, -0.15) is 5.10 Å². The molecule has 2 aliphatic carbocycles. The highest BCUT2D eigenvalue weighted by Gasteiger charge is 2.40. The molecule has 1 saturated carbocycles. The van der Waals surface area contributed by atoms with Crippen LogP contribution in [0.2, 0.25) is 10.0 Å². The maximum atomic E-state index is 12.8. The van der Waals surface area contributed by atoms with Crippen LogP contribution in [0, 0.1) is 0 Å². The molecule has 160 valence electrons. The Bertz CT molecular complexity index is 995. The minimum atomic E-state index is -0.653. The van der Waals surface area contributed by atoms with E-state index in [4.69, 9.17) is 23.2 Å². The number of fused-ring (bicyclic) bond motifs is 1. The van der Waals surface area contributed by atoms with Crippen LogP contribution in [0.15, 0.2) is 18.2 Å². The third kappa shape index (κ3) is 4.08. The zero-order valence-corrected chi connectivity index (χ0v) is 18.7. The Morgan fingerprint density at radius 1 is 1.17 bits per heavy atom. The van der Waals surface area contributed by atoms with Crippen LogP contribution in [-0.4, -0.2) is 27.1 Å². The summed E-state index contributed by atoms with van der Waals surface area (Å²) in [6, 6.07) is 5.46. The predicted molar refractivity (Wildman–Crippen MR) is 118 cm³/mol. The maximum Gasteiger partial charge on any atom is 0.314 e. The second-order valence-electron chi connectivity index (χ2n) is 8.62. The Morgan fingerprint density at radius 2 is 1.93 bits per heavy atom. The minimum absolute atomic E-state index is 0.0963. The van der Waals surface area contributed by atoms with Gasteiger partial charge in [-0.1, -0.05) is 29.3 Å². The quantitative estimate of drug-likeness (QED) is 0.661. The predicted octanol–water partition coefficient (Wildman–Crippen LogP) is 4.48. The molecule has 2 aromatic rings. The lowest BCUT2D eigenvalue weighted by Crippen LogP contribution is -2.57. The zero-order valence-electron chi connectivity index (χ0n) is 17.2. The van der Waals surface area contributed by atoms with E-state index in [9.17, 15) is 9.59 Å². The number of hydrogen-bond donors (Lipinski definition) is 2. The van der Waals surface area contributed by atoms with Crippen molar-refractivity contribution in [3.63, 3.8) is 0 Å². The van der Waals surface area contributed by atoms with Crippen LogP contribution in [0.25, 0.3) is 0 Å². The highest BCUT2D eigenvalue weighted by molar-refractivity contribution is 6.39. The molecule has 0 atom stereocenters. The second-order valence-corrected chi connectivity index (χ2v) is 9.46. The molecule has 1 aromatic heterocycles. The molecule has 2 N–H and O–H groups in total. The van der Waals surface area contributed by atoms with Crippen molar-refractivity contribution < 1.29 is 9.59 Å². The zero-order chi connectivity index (χ0) is 21.5. The fraction of sp³-hybridized carbons (Fsp3) is 0.500. The number of rotatable bonds is 5. The van der Waals surface area contributed by atoms with E-state index >= 15 is 0 Å². The van der Waals surface area contributed by atoms with Gasteiger partial charge in [0.1, 0.15) is 5.82 Å². The Kier molecular flexibility index (Phi) is 5.82. The van der Waals surface area contributed by atoms with Crippen molar-refractivity contribution in [2.45, 2.75) is 70.4 Å². The number of aryl methyl sites for hydroxylation is 1. The van der Waals surface area contributed by atoms with E-state index in [1.807, 2.05) is 24.6 Å². The van der Waals surface area contributed by atoms with E-state index in [0.717, 1.165) is 55.3 Å². The van der Waals surface area contributed by atoms with Crippen molar-refractivity contribution in [2.75, 3.05) is 5.32 Å². The molecule has 0 unspecified atom stereocenters. The maximum absolute atomic E-state index is 12.8. The molecule has 4 rings (SSSR count). The molecule has 0 saturated heterocycles. The van der Waals surface area contributed by atoms with Gasteiger partial charge in [-0.05, 0) is 76.5 Å². The van der Waals surface area contributed by atoms with Crippen LogP contribution in [0.5, 0.6) is 0 Å². The molecule has 1 heterocycles. The van der Waals surface area contributed by atoms with Crippen molar-refractivity contribution in [2.24, 2.45) is 0 Å².